The molecule has 1 aromatic rings. The van der Waals surface area contributed by atoms with Crippen LogP contribution in [-0.2, 0) is 10.0 Å². The molecule has 1 N–H and O–H groups in total. The van der Waals surface area contributed by atoms with Gasteiger partial charge in [-0.1, -0.05) is 13.8 Å². The van der Waals surface area contributed by atoms with Crippen molar-refractivity contribution >= 4 is 15.7 Å². The van der Waals surface area contributed by atoms with Crippen LogP contribution in [0.2, 0.25) is 0 Å². The summed E-state index contributed by atoms with van der Waals surface area (Å²) in [5.74, 6) is -1.01. The van der Waals surface area contributed by atoms with Crippen molar-refractivity contribution in [2.24, 2.45) is 5.92 Å². The van der Waals surface area contributed by atoms with Crippen molar-refractivity contribution in [3.63, 3.8) is 0 Å². The summed E-state index contributed by atoms with van der Waals surface area (Å²) in [5, 5.41) is 10.6. The van der Waals surface area contributed by atoms with E-state index in [-0.39, 0.29) is 16.9 Å². The molecule has 0 bridgehead atoms. The van der Waals surface area contributed by atoms with Gasteiger partial charge in [0, 0.05) is 12.1 Å². The van der Waals surface area contributed by atoms with E-state index in [0.717, 1.165) is 12.1 Å². The zero-order valence-electron chi connectivity index (χ0n) is 10.8. The molecule has 0 saturated carbocycles. The Labute approximate surface area is 110 Å². The number of halogens is 1. The average Bonchev–Trinajstić information content (AvgIpc) is 2.27. The van der Waals surface area contributed by atoms with Gasteiger partial charge in [-0.15, -0.1) is 0 Å². The number of benzene rings is 1. The number of rotatable bonds is 5. The Morgan fingerprint density at radius 2 is 1.89 bits per heavy atom. The van der Waals surface area contributed by atoms with Gasteiger partial charge in [0.1, 0.15) is 0 Å². The summed E-state index contributed by atoms with van der Waals surface area (Å²) in [6.07, 6.45) is 0. The third-order valence-electron chi connectivity index (χ3n) is 2.77. The zero-order chi connectivity index (χ0) is 14.8. The molecule has 0 aliphatic rings. The van der Waals surface area contributed by atoms with E-state index in [1.807, 2.05) is 13.8 Å². The second-order valence-electron chi connectivity index (χ2n) is 4.52. The molecule has 0 aliphatic carbocycles. The fourth-order valence-electron chi connectivity index (χ4n) is 1.25. The molecule has 1 atom stereocenters. The number of nitro groups is 1. The van der Waals surface area contributed by atoms with Crippen molar-refractivity contribution < 1.29 is 17.7 Å². The van der Waals surface area contributed by atoms with Crippen LogP contribution in [-0.4, -0.2) is 19.4 Å². The maximum absolute atomic E-state index is 13.1. The summed E-state index contributed by atoms with van der Waals surface area (Å²) >= 11 is 0. The Hall–Kier alpha value is -1.54. The van der Waals surface area contributed by atoms with Gasteiger partial charge in [-0.2, -0.15) is 4.39 Å². The monoisotopic (exact) mass is 290 g/mol. The van der Waals surface area contributed by atoms with Gasteiger partial charge in [0.2, 0.25) is 15.8 Å². The molecule has 0 radical (unpaired) electrons. The number of nitrogens with one attached hydrogen (secondary N) is 1. The predicted molar refractivity (Wildman–Crippen MR) is 67.7 cm³/mol. The first-order chi connectivity index (χ1) is 8.65. The molecule has 0 spiro atoms. The third kappa shape index (κ3) is 3.71. The normalized spacial score (nSPS) is 13.5. The van der Waals surface area contributed by atoms with E-state index < -0.39 is 26.5 Å². The van der Waals surface area contributed by atoms with Crippen molar-refractivity contribution in [2.45, 2.75) is 31.7 Å². The molecule has 0 heterocycles. The average molecular weight is 290 g/mol. The highest BCUT2D eigenvalue weighted by molar-refractivity contribution is 7.89. The maximum atomic E-state index is 13.1. The van der Waals surface area contributed by atoms with E-state index >= 15 is 0 Å². The first-order valence-corrected chi connectivity index (χ1v) is 7.09. The lowest BCUT2D eigenvalue weighted by molar-refractivity contribution is -0.387. The summed E-state index contributed by atoms with van der Waals surface area (Å²) < 4.78 is 39.5. The minimum absolute atomic E-state index is 0.0604. The topological polar surface area (TPSA) is 89.3 Å². The molecule has 0 saturated heterocycles. The second kappa shape index (κ2) is 5.62. The highest BCUT2D eigenvalue weighted by atomic mass is 32.2. The van der Waals surface area contributed by atoms with Crippen LogP contribution in [0.15, 0.2) is 23.1 Å². The lowest BCUT2D eigenvalue weighted by atomic mass is 10.1. The van der Waals surface area contributed by atoms with Crippen molar-refractivity contribution in [3.8, 4) is 0 Å². The molecule has 0 amide bonds. The van der Waals surface area contributed by atoms with Gasteiger partial charge in [0.25, 0.3) is 0 Å². The van der Waals surface area contributed by atoms with Crippen LogP contribution in [0.3, 0.4) is 0 Å². The van der Waals surface area contributed by atoms with E-state index in [2.05, 4.69) is 4.72 Å². The smallest absolute Gasteiger partial charge is 0.258 e. The summed E-state index contributed by atoms with van der Waals surface area (Å²) in [5.41, 5.74) is -0.861. The van der Waals surface area contributed by atoms with Crippen molar-refractivity contribution in [1.82, 2.24) is 4.72 Å². The third-order valence-corrected chi connectivity index (χ3v) is 4.32. The molecule has 106 valence electrons. The Bertz CT molecular complexity index is 586. The summed E-state index contributed by atoms with van der Waals surface area (Å²) in [6.45, 7) is 5.35. The highest BCUT2D eigenvalue weighted by Gasteiger charge is 2.23. The van der Waals surface area contributed by atoms with Gasteiger partial charge < -0.3 is 0 Å². The van der Waals surface area contributed by atoms with Crippen molar-refractivity contribution in [1.29, 1.82) is 0 Å². The number of nitro benzene ring substituents is 1. The van der Waals surface area contributed by atoms with Gasteiger partial charge in [-0.05, 0) is 25.0 Å². The largest absolute Gasteiger partial charge is 0.306 e. The Morgan fingerprint density at radius 1 is 1.32 bits per heavy atom. The van der Waals surface area contributed by atoms with Crippen molar-refractivity contribution in [2.75, 3.05) is 0 Å². The SMILES string of the molecule is CC(C)[C@@H](C)NS(=O)(=O)c1ccc(F)c([N+](=O)[O-])c1. The molecule has 0 aromatic heterocycles. The van der Waals surface area contributed by atoms with Gasteiger partial charge in [0.05, 0.1) is 9.82 Å². The standard InChI is InChI=1S/C11H15FN2O4S/c1-7(2)8(3)13-19(17,18)9-4-5-10(12)11(6-9)14(15)16/h4-8,13H,1-3H3/t8-/m1/s1. The van der Waals surface area contributed by atoms with Gasteiger partial charge >= 0.3 is 5.69 Å². The lowest BCUT2D eigenvalue weighted by Crippen LogP contribution is -2.36. The Kier molecular flexibility index (Phi) is 4.59. The number of nitrogens with zero attached hydrogens (tertiary/aromatic N) is 1. The van der Waals surface area contributed by atoms with Crippen LogP contribution < -0.4 is 4.72 Å². The number of hydrogen-bond acceptors (Lipinski definition) is 4. The first-order valence-electron chi connectivity index (χ1n) is 5.61. The number of hydrogen-bond donors (Lipinski definition) is 1. The first kappa shape index (κ1) is 15.5. The molecule has 0 unspecified atom stereocenters. The maximum Gasteiger partial charge on any atom is 0.306 e. The Balaban J connectivity index is 3.16. The van der Waals surface area contributed by atoms with E-state index in [9.17, 15) is 22.9 Å². The van der Waals surface area contributed by atoms with Crippen LogP contribution in [0, 0.1) is 21.8 Å². The molecule has 8 heteroatoms. The summed E-state index contributed by atoms with van der Waals surface area (Å²) in [6, 6.07) is 2.14. The molecular formula is C11H15FN2O4S. The van der Waals surface area contributed by atoms with Crippen LogP contribution in [0.4, 0.5) is 10.1 Å². The number of sulfonamides is 1. The van der Waals surface area contributed by atoms with Crippen LogP contribution in [0.5, 0.6) is 0 Å². The quantitative estimate of drug-likeness (QED) is 0.664. The highest BCUT2D eigenvalue weighted by Crippen LogP contribution is 2.21. The molecule has 19 heavy (non-hydrogen) atoms. The fraction of sp³-hybridized carbons (Fsp3) is 0.455. The van der Waals surface area contributed by atoms with E-state index in [1.54, 1.807) is 6.92 Å². The van der Waals surface area contributed by atoms with Gasteiger partial charge in [0.15, 0.2) is 0 Å². The van der Waals surface area contributed by atoms with Crippen LogP contribution in [0.1, 0.15) is 20.8 Å². The van der Waals surface area contributed by atoms with Crippen molar-refractivity contribution in [3.05, 3.63) is 34.1 Å². The lowest BCUT2D eigenvalue weighted by Gasteiger charge is -2.17. The summed E-state index contributed by atoms with van der Waals surface area (Å²) in [4.78, 5) is 9.30. The minimum atomic E-state index is -3.90. The van der Waals surface area contributed by atoms with E-state index in [1.165, 1.54) is 0 Å². The zero-order valence-corrected chi connectivity index (χ0v) is 11.6. The molecule has 6 nitrogen and oxygen atoms in total. The second-order valence-corrected chi connectivity index (χ2v) is 6.24. The molecule has 0 aliphatic heterocycles. The summed E-state index contributed by atoms with van der Waals surface area (Å²) in [7, 11) is -3.90. The van der Waals surface area contributed by atoms with E-state index in [4.69, 9.17) is 0 Å². The fourth-order valence-corrected chi connectivity index (χ4v) is 2.66. The van der Waals surface area contributed by atoms with Crippen LogP contribution in [0.25, 0.3) is 0 Å². The molecule has 0 fully saturated rings. The van der Waals surface area contributed by atoms with Gasteiger partial charge in [-0.25, -0.2) is 13.1 Å². The minimum Gasteiger partial charge on any atom is -0.258 e. The molecule has 1 rings (SSSR count). The molecular weight excluding hydrogens is 275 g/mol. The van der Waals surface area contributed by atoms with Crippen LogP contribution >= 0.6 is 0 Å². The van der Waals surface area contributed by atoms with Gasteiger partial charge in [-0.3, -0.25) is 10.1 Å². The predicted octanol–water partition coefficient (Wildman–Crippen LogP) is 2.06. The van der Waals surface area contributed by atoms with E-state index in [0.29, 0.717) is 6.07 Å². The molecule has 1 aromatic carbocycles. The Morgan fingerprint density at radius 3 is 2.37 bits per heavy atom.